The van der Waals surface area contributed by atoms with E-state index in [0.29, 0.717) is 11.5 Å². The first-order valence-electron chi connectivity index (χ1n) is 9.06. The number of halogens is 4. The van der Waals surface area contributed by atoms with Crippen molar-refractivity contribution in [2.45, 2.75) is 64.5 Å². The highest BCUT2D eigenvalue weighted by Gasteiger charge is 2.60. The zero-order valence-corrected chi connectivity index (χ0v) is 19.2. The topological polar surface area (TPSA) is 86.8 Å². The third kappa shape index (κ3) is 6.83. The van der Waals surface area contributed by atoms with Gasteiger partial charge < -0.3 is 19.5 Å². The molecule has 1 heterocycles. The van der Waals surface area contributed by atoms with E-state index < -0.39 is 41.6 Å². The van der Waals surface area contributed by atoms with Gasteiger partial charge in [0.25, 0.3) is 5.60 Å². The van der Waals surface area contributed by atoms with Crippen molar-refractivity contribution in [3.05, 3.63) is 28.5 Å². The number of rotatable bonds is 7. The van der Waals surface area contributed by atoms with Gasteiger partial charge in [0, 0.05) is 0 Å². The van der Waals surface area contributed by atoms with E-state index in [2.05, 4.69) is 31.0 Å². The van der Waals surface area contributed by atoms with Gasteiger partial charge in [0.05, 0.1) is 18.9 Å². The summed E-state index contributed by atoms with van der Waals surface area (Å²) < 4.78 is 56.2. The van der Waals surface area contributed by atoms with Crippen LogP contribution in [0.2, 0.25) is 0 Å². The molecule has 7 nitrogen and oxygen atoms in total. The van der Waals surface area contributed by atoms with Gasteiger partial charge in [0.2, 0.25) is 0 Å². The number of aromatic nitrogens is 1. The number of pyridine rings is 1. The minimum atomic E-state index is -5.06. The van der Waals surface area contributed by atoms with Crippen molar-refractivity contribution in [2.75, 3.05) is 13.2 Å². The maximum atomic E-state index is 13.6. The van der Waals surface area contributed by atoms with Crippen LogP contribution in [0.5, 0.6) is 0 Å². The molecule has 0 bridgehead atoms. The highest BCUT2D eigenvalue weighted by atomic mass is 79.9. The molecule has 1 N–H and O–H groups in total. The van der Waals surface area contributed by atoms with E-state index in [1.54, 1.807) is 32.9 Å². The van der Waals surface area contributed by atoms with Gasteiger partial charge in [0.1, 0.15) is 15.7 Å². The van der Waals surface area contributed by atoms with Gasteiger partial charge in [-0.15, -0.1) is 0 Å². The quantitative estimate of drug-likeness (QED) is 0.440. The molecule has 0 aromatic carbocycles. The Morgan fingerprint density at radius 2 is 1.73 bits per heavy atom. The molecule has 2 unspecified atom stereocenters. The van der Waals surface area contributed by atoms with Gasteiger partial charge in [0.15, 0.2) is 0 Å². The zero-order valence-electron chi connectivity index (χ0n) is 17.6. The smallest absolute Gasteiger partial charge is 0.428 e. The van der Waals surface area contributed by atoms with Crippen LogP contribution >= 0.6 is 15.9 Å². The Morgan fingerprint density at radius 3 is 2.20 bits per heavy atom. The molecule has 30 heavy (non-hydrogen) atoms. The number of hydrogen-bond donors (Lipinski definition) is 1. The molecule has 0 aliphatic heterocycles. The van der Waals surface area contributed by atoms with E-state index >= 15 is 0 Å². The van der Waals surface area contributed by atoms with Gasteiger partial charge in [-0.25, -0.2) is 14.6 Å². The van der Waals surface area contributed by atoms with Crippen LogP contribution in [0.25, 0.3) is 0 Å². The summed E-state index contributed by atoms with van der Waals surface area (Å²) in [6, 6.07) is 4.70. The molecule has 1 amide bonds. The second-order valence-corrected chi connectivity index (χ2v) is 8.66. The molecule has 0 saturated heterocycles. The Bertz CT molecular complexity index is 769. The highest BCUT2D eigenvalue weighted by Crippen LogP contribution is 2.36. The van der Waals surface area contributed by atoms with E-state index in [1.807, 2.05) is 0 Å². The summed E-state index contributed by atoms with van der Waals surface area (Å²) in [5, 5.41) is 2.50. The number of nitrogens with zero attached hydrogens (tertiary/aromatic N) is 1. The summed E-state index contributed by atoms with van der Waals surface area (Å²) in [6.07, 6.45) is -5.95. The molecule has 2 atom stereocenters. The molecular weight excluding hydrogens is 473 g/mol. The van der Waals surface area contributed by atoms with Crippen LogP contribution in [-0.4, -0.2) is 47.6 Å². The van der Waals surface area contributed by atoms with Gasteiger partial charge >= 0.3 is 18.2 Å². The Morgan fingerprint density at radius 1 is 1.13 bits per heavy atom. The predicted octanol–water partition coefficient (Wildman–Crippen LogP) is 4.48. The fourth-order valence-electron chi connectivity index (χ4n) is 2.23. The normalized spacial score (nSPS) is 16.2. The van der Waals surface area contributed by atoms with Gasteiger partial charge in [-0.2, -0.15) is 13.2 Å². The van der Waals surface area contributed by atoms with Crippen LogP contribution < -0.4 is 5.32 Å². The average Bonchev–Trinajstić information content (AvgIpc) is 2.57. The molecule has 1 rings (SSSR count). The van der Waals surface area contributed by atoms with Gasteiger partial charge in [-0.3, -0.25) is 0 Å². The second kappa shape index (κ2) is 9.51. The molecule has 170 valence electrons. The SMILES string of the molecule is CCOC(=O)C(C)(OCC(C)(NC(=O)OC(C)(C)C)c1cccc(Br)n1)C(F)(F)F. The number of amides is 1. The lowest BCUT2D eigenvalue weighted by molar-refractivity contribution is -0.274. The maximum Gasteiger partial charge on any atom is 0.428 e. The van der Waals surface area contributed by atoms with Gasteiger partial charge in [-0.05, 0) is 69.6 Å². The summed E-state index contributed by atoms with van der Waals surface area (Å²) in [5.41, 5.74) is -5.46. The summed E-state index contributed by atoms with van der Waals surface area (Å²) in [5.74, 6) is -1.58. The number of alkyl carbamates (subject to hydrolysis) is 1. The first-order valence-corrected chi connectivity index (χ1v) is 9.85. The standard InChI is InChI=1S/C19H26BrF3N2O5/c1-7-28-14(26)18(6,19(21,22)23)29-11-17(5,12-9-8-10-13(20)24-12)25-15(27)30-16(2,3)4/h8-10H,7,11H2,1-6H3,(H,25,27). The molecule has 11 heteroatoms. The Kier molecular flexibility index (Phi) is 8.29. The molecular formula is C19H26BrF3N2O5. The number of nitrogens with one attached hydrogen (secondary N) is 1. The van der Waals surface area contributed by atoms with E-state index in [9.17, 15) is 22.8 Å². The van der Waals surface area contributed by atoms with Crippen molar-refractivity contribution >= 4 is 28.0 Å². The van der Waals surface area contributed by atoms with Crippen LogP contribution in [0.15, 0.2) is 22.8 Å². The Labute approximate surface area is 181 Å². The number of hydrogen-bond acceptors (Lipinski definition) is 6. The van der Waals surface area contributed by atoms with E-state index in [-0.39, 0.29) is 12.3 Å². The summed E-state index contributed by atoms with van der Waals surface area (Å²) in [6.45, 7) is 7.28. The summed E-state index contributed by atoms with van der Waals surface area (Å²) in [7, 11) is 0. The highest BCUT2D eigenvalue weighted by molar-refractivity contribution is 9.10. The molecule has 0 radical (unpaired) electrons. The average molecular weight is 499 g/mol. The van der Waals surface area contributed by atoms with Crippen molar-refractivity contribution < 1.29 is 37.0 Å². The maximum absolute atomic E-state index is 13.6. The number of alkyl halides is 3. The first-order chi connectivity index (χ1) is 13.5. The molecule has 0 fully saturated rings. The van der Waals surface area contributed by atoms with Crippen molar-refractivity contribution in [3.8, 4) is 0 Å². The van der Waals surface area contributed by atoms with Crippen molar-refractivity contribution in [3.63, 3.8) is 0 Å². The molecule has 1 aromatic heterocycles. The first kappa shape index (κ1) is 26.2. The lowest BCUT2D eigenvalue weighted by Gasteiger charge is -2.36. The number of carbonyl (C=O) groups is 2. The summed E-state index contributed by atoms with van der Waals surface area (Å²) >= 11 is 3.19. The minimum Gasteiger partial charge on any atom is -0.464 e. The largest absolute Gasteiger partial charge is 0.464 e. The monoisotopic (exact) mass is 498 g/mol. The third-order valence-electron chi connectivity index (χ3n) is 3.91. The lowest BCUT2D eigenvalue weighted by atomic mass is 9.97. The van der Waals surface area contributed by atoms with Gasteiger partial charge in [-0.1, -0.05) is 6.07 Å². The van der Waals surface area contributed by atoms with E-state index in [1.165, 1.54) is 19.9 Å². The lowest BCUT2D eigenvalue weighted by Crippen LogP contribution is -2.57. The number of ether oxygens (including phenoxy) is 3. The molecule has 1 aromatic rings. The van der Waals surface area contributed by atoms with Crippen LogP contribution in [0.3, 0.4) is 0 Å². The summed E-state index contributed by atoms with van der Waals surface area (Å²) in [4.78, 5) is 28.6. The predicted molar refractivity (Wildman–Crippen MR) is 106 cm³/mol. The molecule has 0 saturated carbocycles. The minimum absolute atomic E-state index is 0.191. The van der Waals surface area contributed by atoms with Crippen molar-refractivity contribution in [2.24, 2.45) is 0 Å². The van der Waals surface area contributed by atoms with Crippen LogP contribution in [0.1, 0.15) is 47.2 Å². The fraction of sp³-hybridized carbons (Fsp3) is 0.632. The van der Waals surface area contributed by atoms with E-state index in [4.69, 9.17) is 9.47 Å². The number of carbonyl (C=O) groups excluding carboxylic acids is 2. The van der Waals surface area contributed by atoms with Crippen molar-refractivity contribution in [1.82, 2.24) is 10.3 Å². The van der Waals surface area contributed by atoms with Crippen LogP contribution in [0.4, 0.5) is 18.0 Å². The molecule has 0 aliphatic carbocycles. The zero-order chi connectivity index (χ0) is 23.4. The molecule has 0 spiro atoms. The number of esters is 1. The second-order valence-electron chi connectivity index (χ2n) is 7.84. The van der Waals surface area contributed by atoms with Crippen LogP contribution in [0, 0.1) is 0 Å². The Hall–Kier alpha value is -1.88. The van der Waals surface area contributed by atoms with Crippen molar-refractivity contribution in [1.29, 1.82) is 0 Å². The molecule has 0 aliphatic rings. The fourth-order valence-corrected chi connectivity index (χ4v) is 2.58. The van der Waals surface area contributed by atoms with Crippen LogP contribution in [-0.2, 0) is 24.5 Å². The van der Waals surface area contributed by atoms with E-state index in [0.717, 1.165) is 0 Å². The third-order valence-corrected chi connectivity index (χ3v) is 4.35. The Balaban J connectivity index is 3.28.